The number of nitrogens with zero attached hydrogens (tertiary/aromatic N) is 1. The van der Waals surface area contributed by atoms with Gasteiger partial charge in [0.1, 0.15) is 13.1 Å². The van der Waals surface area contributed by atoms with Gasteiger partial charge in [-0.1, -0.05) is 0 Å². The van der Waals surface area contributed by atoms with E-state index in [9.17, 15) is 5.21 Å². The molecule has 1 aliphatic rings. The van der Waals surface area contributed by atoms with Crippen LogP contribution < -0.4 is 5.32 Å². The monoisotopic (exact) mass is 212 g/mol. The van der Waals surface area contributed by atoms with Crippen molar-refractivity contribution >= 4 is 0 Å². The Morgan fingerprint density at radius 2 is 1.53 bits per heavy atom. The molecule has 3 nitrogen and oxygen atoms in total. The molecule has 0 aliphatic carbocycles. The van der Waals surface area contributed by atoms with Crippen LogP contribution >= 0.6 is 0 Å². The van der Waals surface area contributed by atoms with Crippen LogP contribution in [0.15, 0.2) is 11.8 Å². The van der Waals surface area contributed by atoms with Crippen molar-refractivity contribution in [2.75, 3.05) is 13.1 Å². The zero-order chi connectivity index (χ0) is 11.9. The summed E-state index contributed by atoms with van der Waals surface area (Å²) >= 11 is 0. The Labute approximate surface area is 93.3 Å². The van der Waals surface area contributed by atoms with E-state index in [-0.39, 0.29) is 15.7 Å². The summed E-state index contributed by atoms with van der Waals surface area (Å²) in [7, 11) is 0. The quantitative estimate of drug-likeness (QED) is 0.535. The van der Waals surface area contributed by atoms with Crippen LogP contribution in [-0.4, -0.2) is 28.8 Å². The van der Waals surface area contributed by atoms with E-state index in [2.05, 4.69) is 33.0 Å². The molecule has 0 atom stereocenters. The molecule has 1 N–H and O–H groups in total. The molecule has 0 unspecified atom stereocenters. The van der Waals surface area contributed by atoms with Gasteiger partial charge in [-0.3, -0.25) is 5.32 Å². The summed E-state index contributed by atoms with van der Waals surface area (Å²) < 4.78 is -0.213. The van der Waals surface area contributed by atoms with Crippen molar-refractivity contribution in [3.8, 4) is 0 Å². The van der Waals surface area contributed by atoms with Crippen molar-refractivity contribution in [2.24, 2.45) is 0 Å². The molecule has 0 saturated carbocycles. The standard InChI is InChI=1S/C12H24N2O/c1-10(2)7-14(15)8-11(3,4)13-12(5,6)9-14/h7,13H,8-9H2,1-6H3. The predicted octanol–water partition coefficient (Wildman–Crippen LogP) is 2.39. The van der Waals surface area contributed by atoms with Gasteiger partial charge in [0, 0.05) is 0 Å². The van der Waals surface area contributed by atoms with Crippen LogP contribution in [0.5, 0.6) is 0 Å². The molecular formula is C12H24N2O. The second kappa shape index (κ2) is 3.58. The van der Waals surface area contributed by atoms with E-state index in [1.54, 1.807) is 0 Å². The molecule has 0 radical (unpaired) electrons. The van der Waals surface area contributed by atoms with Gasteiger partial charge in [0.05, 0.1) is 17.3 Å². The van der Waals surface area contributed by atoms with E-state index in [1.165, 1.54) is 0 Å². The fourth-order valence-electron chi connectivity index (χ4n) is 2.95. The van der Waals surface area contributed by atoms with Crippen LogP contribution in [0.4, 0.5) is 0 Å². The predicted molar refractivity (Wildman–Crippen MR) is 64.1 cm³/mol. The van der Waals surface area contributed by atoms with Crippen molar-refractivity contribution < 1.29 is 4.65 Å². The Kier molecular flexibility index (Phi) is 3.03. The van der Waals surface area contributed by atoms with Crippen molar-refractivity contribution in [1.29, 1.82) is 0 Å². The molecule has 1 aliphatic heterocycles. The molecule has 1 rings (SSSR count). The molecule has 0 bridgehead atoms. The lowest BCUT2D eigenvalue weighted by Crippen LogP contribution is -2.70. The molecular weight excluding hydrogens is 188 g/mol. The first-order valence-electron chi connectivity index (χ1n) is 5.57. The maximum Gasteiger partial charge on any atom is 0.101 e. The number of hydrogen-bond donors (Lipinski definition) is 1. The molecule has 1 fully saturated rings. The zero-order valence-electron chi connectivity index (χ0n) is 10.8. The van der Waals surface area contributed by atoms with E-state index in [4.69, 9.17) is 0 Å². The van der Waals surface area contributed by atoms with Crippen LogP contribution in [0.25, 0.3) is 0 Å². The molecule has 1 heterocycles. The molecule has 0 spiro atoms. The Hall–Kier alpha value is -0.380. The lowest BCUT2D eigenvalue weighted by Gasteiger charge is -2.55. The topological polar surface area (TPSA) is 35.1 Å². The number of rotatable bonds is 1. The maximum absolute atomic E-state index is 12.6. The van der Waals surface area contributed by atoms with E-state index < -0.39 is 0 Å². The first kappa shape index (κ1) is 12.7. The van der Waals surface area contributed by atoms with E-state index >= 15 is 0 Å². The van der Waals surface area contributed by atoms with Gasteiger partial charge < -0.3 is 9.85 Å². The van der Waals surface area contributed by atoms with Gasteiger partial charge in [-0.15, -0.1) is 0 Å². The number of hydroxylamine groups is 3. The first-order chi connectivity index (χ1) is 6.54. The average Bonchev–Trinajstić information content (AvgIpc) is 1.70. The third-order valence-corrected chi connectivity index (χ3v) is 2.50. The number of nitrogens with one attached hydrogen (secondary N) is 1. The highest BCUT2D eigenvalue weighted by Gasteiger charge is 2.42. The SMILES string of the molecule is CC(C)=C[N+]1([O-])CC(C)(C)NC(C)(C)C1. The second-order valence-electron chi connectivity index (χ2n) is 6.37. The third-order valence-electron chi connectivity index (χ3n) is 2.50. The fraction of sp³-hybridized carbons (Fsp3) is 0.833. The summed E-state index contributed by atoms with van der Waals surface area (Å²) in [6.07, 6.45) is 1.84. The van der Waals surface area contributed by atoms with E-state index in [0.717, 1.165) is 5.57 Å². The van der Waals surface area contributed by atoms with Crippen LogP contribution in [0.3, 0.4) is 0 Å². The molecule has 88 valence electrons. The Bertz CT molecular complexity index is 259. The van der Waals surface area contributed by atoms with Gasteiger partial charge in [0.2, 0.25) is 0 Å². The molecule has 3 heteroatoms. The largest absolute Gasteiger partial charge is 0.628 e. The van der Waals surface area contributed by atoms with E-state index in [0.29, 0.717) is 13.1 Å². The van der Waals surface area contributed by atoms with Crippen molar-refractivity contribution in [3.63, 3.8) is 0 Å². The van der Waals surface area contributed by atoms with Crippen LogP contribution in [0.2, 0.25) is 0 Å². The lowest BCUT2D eigenvalue weighted by atomic mass is 9.91. The molecule has 15 heavy (non-hydrogen) atoms. The number of piperazine rings is 1. The summed E-state index contributed by atoms with van der Waals surface area (Å²) in [5, 5.41) is 16.1. The van der Waals surface area contributed by atoms with Crippen molar-refractivity contribution in [2.45, 2.75) is 52.6 Å². The van der Waals surface area contributed by atoms with Gasteiger partial charge in [-0.05, 0) is 47.1 Å². The zero-order valence-corrected chi connectivity index (χ0v) is 10.8. The summed E-state index contributed by atoms with van der Waals surface area (Å²) in [6.45, 7) is 13.5. The molecule has 0 aromatic carbocycles. The summed E-state index contributed by atoms with van der Waals surface area (Å²) in [6, 6.07) is 0. The highest BCUT2D eigenvalue weighted by molar-refractivity contribution is 4.97. The second-order valence-corrected chi connectivity index (χ2v) is 6.37. The minimum Gasteiger partial charge on any atom is -0.628 e. The Morgan fingerprint density at radius 1 is 1.13 bits per heavy atom. The van der Waals surface area contributed by atoms with Gasteiger partial charge in [-0.25, -0.2) is 0 Å². The molecule has 1 saturated heterocycles. The summed E-state index contributed by atoms with van der Waals surface area (Å²) in [5.41, 5.74) is 0.892. The number of quaternary nitrogens is 1. The summed E-state index contributed by atoms with van der Waals surface area (Å²) in [4.78, 5) is 0. The summed E-state index contributed by atoms with van der Waals surface area (Å²) in [5.74, 6) is 0. The number of allylic oxidation sites excluding steroid dienone is 1. The van der Waals surface area contributed by atoms with Gasteiger partial charge >= 0.3 is 0 Å². The normalized spacial score (nSPS) is 27.1. The lowest BCUT2D eigenvalue weighted by molar-refractivity contribution is -0.844. The maximum atomic E-state index is 12.6. The van der Waals surface area contributed by atoms with Crippen LogP contribution in [0, 0.1) is 5.21 Å². The third kappa shape index (κ3) is 3.59. The van der Waals surface area contributed by atoms with E-state index in [1.807, 2.05) is 20.0 Å². The highest BCUT2D eigenvalue weighted by atomic mass is 16.5. The minimum absolute atomic E-state index is 0.102. The van der Waals surface area contributed by atoms with Gasteiger partial charge in [-0.2, -0.15) is 0 Å². The fourth-order valence-corrected chi connectivity index (χ4v) is 2.95. The van der Waals surface area contributed by atoms with Gasteiger partial charge in [0.15, 0.2) is 0 Å². The average molecular weight is 212 g/mol. The van der Waals surface area contributed by atoms with Crippen molar-refractivity contribution in [3.05, 3.63) is 17.0 Å². The van der Waals surface area contributed by atoms with Crippen molar-refractivity contribution in [1.82, 2.24) is 5.32 Å². The number of hydrogen-bond acceptors (Lipinski definition) is 2. The first-order valence-corrected chi connectivity index (χ1v) is 5.57. The molecule has 0 aromatic rings. The van der Waals surface area contributed by atoms with Gasteiger partial charge in [0.25, 0.3) is 0 Å². The Morgan fingerprint density at radius 3 is 1.87 bits per heavy atom. The minimum atomic E-state index is -0.213. The Balaban J connectivity index is 2.97. The van der Waals surface area contributed by atoms with Crippen LogP contribution in [-0.2, 0) is 0 Å². The van der Waals surface area contributed by atoms with Crippen LogP contribution in [0.1, 0.15) is 41.5 Å². The smallest absolute Gasteiger partial charge is 0.101 e. The molecule has 0 amide bonds. The molecule has 0 aromatic heterocycles. The highest BCUT2D eigenvalue weighted by Crippen LogP contribution is 2.27.